The molecule has 0 spiro atoms. The molecule has 1 atom stereocenters. The van der Waals surface area contributed by atoms with Crippen LogP contribution in [0, 0.1) is 0 Å². The number of aromatic nitrogens is 2. The highest BCUT2D eigenvalue weighted by Crippen LogP contribution is 2.08. The second-order valence-corrected chi connectivity index (χ2v) is 3.75. The number of anilines is 1. The van der Waals surface area contributed by atoms with Crippen molar-refractivity contribution in [3.8, 4) is 0 Å². The van der Waals surface area contributed by atoms with Crippen molar-refractivity contribution >= 4 is 5.95 Å². The fraction of sp³-hybridized carbons (Fsp3) is 0.727. The van der Waals surface area contributed by atoms with Gasteiger partial charge in [-0.05, 0) is 19.8 Å². The first kappa shape index (κ1) is 11.1. The molecule has 1 unspecified atom stereocenters. The lowest BCUT2D eigenvalue weighted by atomic mass is 10.3. The first-order valence-electron chi connectivity index (χ1n) is 5.55. The van der Waals surface area contributed by atoms with Crippen LogP contribution in [-0.2, 0) is 6.54 Å². The summed E-state index contributed by atoms with van der Waals surface area (Å²) in [5.74, 6) is 1.01. The molecule has 0 saturated carbocycles. The molecule has 0 aliphatic heterocycles. The lowest BCUT2D eigenvalue weighted by Gasteiger charge is -2.13. The second-order valence-electron chi connectivity index (χ2n) is 3.75. The molecule has 0 radical (unpaired) electrons. The van der Waals surface area contributed by atoms with Crippen LogP contribution < -0.4 is 5.32 Å². The van der Waals surface area contributed by atoms with Crippen molar-refractivity contribution < 1.29 is 0 Å². The summed E-state index contributed by atoms with van der Waals surface area (Å²) in [5, 5.41) is 3.40. The lowest BCUT2D eigenvalue weighted by Crippen LogP contribution is -2.17. The molecule has 1 aromatic rings. The van der Waals surface area contributed by atoms with Crippen LogP contribution >= 0.6 is 0 Å². The average molecular weight is 195 g/mol. The maximum absolute atomic E-state index is 4.31. The zero-order valence-electron chi connectivity index (χ0n) is 9.45. The Bertz CT molecular complexity index is 255. The van der Waals surface area contributed by atoms with Crippen LogP contribution in [0.1, 0.15) is 40.0 Å². The quantitative estimate of drug-likeness (QED) is 0.756. The van der Waals surface area contributed by atoms with Crippen LogP contribution in [0.5, 0.6) is 0 Å². The summed E-state index contributed by atoms with van der Waals surface area (Å²) in [6.45, 7) is 7.63. The Labute approximate surface area is 86.5 Å². The predicted molar refractivity (Wildman–Crippen MR) is 60.5 cm³/mol. The number of nitrogens with one attached hydrogen (secondary N) is 1. The Balaban J connectivity index is 2.53. The topological polar surface area (TPSA) is 29.9 Å². The van der Waals surface area contributed by atoms with Crippen LogP contribution in [0.15, 0.2) is 12.4 Å². The van der Waals surface area contributed by atoms with Gasteiger partial charge in [-0.25, -0.2) is 4.98 Å². The van der Waals surface area contributed by atoms with Crippen LogP contribution in [0.25, 0.3) is 0 Å². The second kappa shape index (κ2) is 5.68. The van der Waals surface area contributed by atoms with Crippen molar-refractivity contribution in [3.05, 3.63) is 12.4 Å². The highest BCUT2D eigenvalue weighted by atomic mass is 15.2. The van der Waals surface area contributed by atoms with E-state index >= 15 is 0 Å². The van der Waals surface area contributed by atoms with Crippen LogP contribution in [0.2, 0.25) is 0 Å². The standard InChI is InChI=1S/C11H21N3/c1-4-6-8-14-9-7-12-11(14)13-10(3)5-2/h7,9-10H,4-6,8H2,1-3H3,(H,12,13). The summed E-state index contributed by atoms with van der Waals surface area (Å²) in [7, 11) is 0. The predicted octanol–water partition coefficient (Wildman–Crippen LogP) is 2.89. The molecule has 0 amide bonds. The average Bonchev–Trinajstić information content (AvgIpc) is 2.62. The maximum Gasteiger partial charge on any atom is 0.202 e. The summed E-state index contributed by atoms with van der Waals surface area (Å²) in [6.07, 6.45) is 7.47. The van der Waals surface area contributed by atoms with Gasteiger partial charge in [-0.1, -0.05) is 20.3 Å². The van der Waals surface area contributed by atoms with E-state index in [1.165, 1.54) is 12.8 Å². The van der Waals surface area contributed by atoms with Gasteiger partial charge in [0.05, 0.1) is 0 Å². The number of aryl methyl sites for hydroxylation is 1. The van der Waals surface area contributed by atoms with E-state index in [1.807, 2.05) is 12.4 Å². The third-order valence-corrected chi connectivity index (χ3v) is 2.46. The normalized spacial score (nSPS) is 12.8. The molecule has 1 N–H and O–H groups in total. The highest BCUT2D eigenvalue weighted by molar-refractivity contribution is 5.26. The molecule has 3 nitrogen and oxygen atoms in total. The Morgan fingerprint density at radius 2 is 2.29 bits per heavy atom. The van der Waals surface area contributed by atoms with Gasteiger partial charge in [0.25, 0.3) is 0 Å². The Morgan fingerprint density at radius 1 is 1.50 bits per heavy atom. The molecule has 0 fully saturated rings. The van der Waals surface area contributed by atoms with E-state index in [4.69, 9.17) is 0 Å². The van der Waals surface area contributed by atoms with Gasteiger partial charge in [-0.3, -0.25) is 0 Å². The minimum Gasteiger partial charge on any atom is -0.353 e. The van der Waals surface area contributed by atoms with Crippen molar-refractivity contribution in [2.75, 3.05) is 5.32 Å². The van der Waals surface area contributed by atoms with Gasteiger partial charge < -0.3 is 9.88 Å². The Morgan fingerprint density at radius 3 is 2.93 bits per heavy atom. The fourth-order valence-corrected chi connectivity index (χ4v) is 1.28. The van der Waals surface area contributed by atoms with E-state index in [0.717, 1.165) is 18.9 Å². The molecular formula is C11H21N3. The third kappa shape index (κ3) is 3.05. The van der Waals surface area contributed by atoms with E-state index in [0.29, 0.717) is 6.04 Å². The smallest absolute Gasteiger partial charge is 0.202 e. The summed E-state index contributed by atoms with van der Waals surface area (Å²) in [4.78, 5) is 4.31. The maximum atomic E-state index is 4.31. The van der Waals surface area contributed by atoms with Gasteiger partial charge >= 0.3 is 0 Å². The molecule has 0 saturated heterocycles. The van der Waals surface area contributed by atoms with Crippen molar-refractivity contribution in [3.63, 3.8) is 0 Å². The van der Waals surface area contributed by atoms with Crippen molar-refractivity contribution in [1.29, 1.82) is 0 Å². The molecule has 1 rings (SSSR count). The fourth-order valence-electron chi connectivity index (χ4n) is 1.28. The third-order valence-electron chi connectivity index (χ3n) is 2.46. The first-order chi connectivity index (χ1) is 6.77. The summed E-state index contributed by atoms with van der Waals surface area (Å²) in [6, 6.07) is 0.498. The molecule has 14 heavy (non-hydrogen) atoms. The lowest BCUT2D eigenvalue weighted by molar-refractivity contribution is 0.627. The SMILES string of the molecule is CCCCn1ccnc1NC(C)CC. The van der Waals surface area contributed by atoms with E-state index in [2.05, 4.69) is 35.6 Å². The van der Waals surface area contributed by atoms with E-state index in [9.17, 15) is 0 Å². The largest absolute Gasteiger partial charge is 0.353 e. The summed E-state index contributed by atoms with van der Waals surface area (Å²) < 4.78 is 2.19. The number of hydrogen-bond acceptors (Lipinski definition) is 2. The molecule has 3 heteroatoms. The number of unbranched alkanes of at least 4 members (excludes halogenated alkanes) is 1. The van der Waals surface area contributed by atoms with Gasteiger partial charge in [-0.15, -0.1) is 0 Å². The number of rotatable bonds is 6. The summed E-state index contributed by atoms with van der Waals surface area (Å²) in [5.41, 5.74) is 0. The zero-order valence-corrected chi connectivity index (χ0v) is 9.45. The first-order valence-corrected chi connectivity index (χ1v) is 5.55. The van der Waals surface area contributed by atoms with Gasteiger partial charge in [0.15, 0.2) is 0 Å². The Hall–Kier alpha value is -0.990. The molecule has 0 aliphatic carbocycles. The van der Waals surface area contributed by atoms with Crippen molar-refractivity contribution in [2.45, 2.75) is 52.6 Å². The number of hydrogen-bond donors (Lipinski definition) is 1. The zero-order chi connectivity index (χ0) is 10.4. The van der Waals surface area contributed by atoms with Crippen LogP contribution in [0.4, 0.5) is 5.95 Å². The minimum absolute atomic E-state index is 0.498. The van der Waals surface area contributed by atoms with Gasteiger partial charge in [0, 0.05) is 25.0 Å². The molecule has 0 bridgehead atoms. The minimum atomic E-state index is 0.498. The molecule has 0 aromatic carbocycles. The van der Waals surface area contributed by atoms with E-state index < -0.39 is 0 Å². The van der Waals surface area contributed by atoms with Crippen molar-refractivity contribution in [2.24, 2.45) is 0 Å². The molecule has 0 aliphatic rings. The van der Waals surface area contributed by atoms with Gasteiger partial charge in [0.1, 0.15) is 0 Å². The van der Waals surface area contributed by atoms with E-state index in [-0.39, 0.29) is 0 Å². The van der Waals surface area contributed by atoms with Crippen LogP contribution in [-0.4, -0.2) is 15.6 Å². The highest BCUT2D eigenvalue weighted by Gasteiger charge is 2.04. The van der Waals surface area contributed by atoms with Gasteiger partial charge in [-0.2, -0.15) is 0 Å². The Kier molecular flexibility index (Phi) is 4.50. The number of nitrogens with zero attached hydrogens (tertiary/aromatic N) is 2. The molecule has 1 heterocycles. The van der Waals surface area contributed by atoms with Crippen molar-refractivity contribution in [1.82, 2.24) is 9.55 Å². The molecule has 80 valence electrons. The van der Waals surface area contributed by atoms with Crippen LogP contribution in [0.3, 0.4) is 0 Å². The monoisotopic (exact) mass is 195 g/mol. The summed E-state index contributed by atoms with van der Waals surface area (Å²) >= 11 is 0. The van der Waals surface area contributed by atoms with E-state index in [1.54, 1.807) is 0 Å². The molecule has 1 aromatic heterocycles. The molecular weight excluding hydrogens is 174 g/mol. The number of imidazole rings is 1. The van der Waals surface area contributed by atoms with Gasteiger partial charge in [0.2, 0.25) is 5.95 Å².